The Balaban J connectivity index is 2.68. The fourth-order valence-corrected chi connectivity index (χ4v) is 3.71. The lowest BCUT2D eigenvalue weighted by molar-refractivity contribution is -0.129. The quantitative estimate of drug-likeness (QED) is 0.778. The summed E-state index contributed by atoms with van der Waals surface area (Å²) in [6.45, 7) is 7.09. The van der Waals surface area contributed by atoms with Gasteiger partial charge >= 0.3 is 0 Å². The van der Waals surface area contributed by atoms with E-state index in [4.69, 9.17) is 0 Å². The highest BCUT2D eigenvalue weighted by atomic mass is 32.2. The van der Waals surface area contributed by atoms with Crippen molar-refractivity contribution in [2.75, 3.05) is 18.8 Å². The molecule has 0 amide bonds. The Bertz CT molecular complexity index is 389. The molecule has 19 heavy (non-hydrogen) atoms. The van der Waals surface area contributed by atoms with Gasteiger partial charge in [0.2, 0.25) is 0 Å². The lowest BCUT2D eigenvalue weighted by Crippen LogP contribution is -2.46. The maximum atomic E-state index is 12.5. The van der Waals surface area contributed by atoms with Gasteiger partial charge in [0, 0.05) is 18.4 Å². The van der Waals surface area contributed by atoms with Crippen molar-refractivity contribution < 1.29 is 13.2 Å². The standard InChI is InChI=1S/C14H27NO3S/c1-4-7-14(8-5-9-15-11-14)13(16)6-10-19(17,18)12(2)3/h12,15H,4-11H2,1-3H3. The summed E-state index contributed by atoms with van der Waals surface area (Å²) in [5.41, 5.74) is -0.320. The summed E-state index contributed by atoms with van der Waals surface area (Å²) in [6, 6.07) is 0. The van der Waals surface area contributed by atoms with Crippen LogP contribution in [0.3, 0.4) is 0 Å². The summed E-state index contributed by atoms with van der Waals surface area (Å²) in [6.07, 6.45) is 3.89. The van der Waals surface area contributed by atoms with Gasteiger partial charge in [-0.3, -0.25) is 4.79 Å². The molecule has 1 atom stereocenters. The third-order valence-corrected chi connectivity index (χ3v) is 6.33. The van der Waals surface area contributed by atoms with E-state index < -0.39 is 15.1 Å². The van der Waals surface area contributed by atoms with Gasteiger partial charge in [-0.15, -0.1) is 0 Å². The van der Waals surface area contributed by atoms with Gasteiger partial charge in [-0.05, 0) is 39.7 Å². The van der Waals surface area contributed by atoms with E-state index in [1.807, 2.05) is 0 Å². The Labute approximate surface area is 117 Å². The molecule has 1 aliphatic rings. The van der Waals surface area contributed by atoms with E-state index in [0.717, 1.165) is 32.2 Å². The number of hydrogen-bond acceptors (Lipinski definition) is 4. The van der Waals surface area contributed by atoms with Crippen LogP contribution in [0.4, 0.5) is 0 Å². The average Bonchev–Trinajstić information content (AvgIpc) is 2.37. The number of nitrogens with one attached hydrogen (secondary N) is 1. The molecule has 0 aromatic rings. The van der Waals surface area contributed by atoms with Crippen molar-refractivity contribution in [1.82, 2.24) is 5.32 Å². The molecule has 4 nitrogen and oxygen atoms in total. The molecular weight excluding hydrogens is 262 g/mol. The van der Waals surface area contributed by atoms with E-state index >= 15 is 0 Å². The Morgan fingerprint density at radius 1 is 1.37 bits per heavy atom. The maximum absolute atomic E-state index is 12.5. The minimum atomic E-state index is -3.11. The number of Topliss-reactive ketones (excluding diaryl/α,β-unsaturated/α-hetero) is 1. The zero-order valence-corrected chi connectivity index (χ0v) is 13.2. The minimum Gasteiger partial charge on any atom is -0.316 e. The molecule has 0 bridgehead atoms. The molecule has 5 heteroatoms. The van der Waals surface area contributed by atoms with Gasteiger partial charge in [0.05, 0.1) is 11.0 Å². The van der Waals surface area contributed by atoms with E-state index in [1.165, 1.54) is 0 Å². The second-order valence-corrected chi connectivity index (χ2v) is 8.58. The molecule has 1 rings (SSSR count). The summed E-state index contributed by atoms with van der Waals surface area (Å²) in [5, 5.41) is 2.89. The Kier molecular flexibility index (Phi) is 5.99. The van der Waals surface area contributed by atoms with Crippen molar-refractivity contribution in [3.63, 3.8) is 0 Å². The number of ketones is 1. The van der Waals surface area contributed by atoms with Crippen LogP contribution in [-0.2, 0) is 14.6 Å². The van der Waals surface area contributed by atoms with Gasteiger partial charge in [0.15, 0.2) is 9.84 Å². The fourth-order valence-electron chi connectivity index (χ4n) is 2.77. The van der Waals surface area contributed by atoms with Crippen molar-refractivity contribution in [3.05, 3.63) is 0 Å². The van der Waals surface area contributed by atoms with Crippen LogP contribution in [-0.4, -0.2) is 38.3 Å². The zero-order valence-electron chi connectivity index (χ0n) is 12.4. The summed E-state index contributed by atoms with van der Waals surface area (Å²) in [4.78, 5) is 12.5. The largest absolute Gasteiger partial charge is 0.316 e. The van der Waals surface area contributed by atoms with Crippen molar-refractivity contribution in [3.8, 4) is 0 Å². The van der Waals surface area contributed by atoms with Crippen molar-refractivity contribution in [2.45, 2.75) is 58.1 Å². The molecule has 1 saturated heterocycles. The lowest BCUT2D eigenvalue weighted by atomic mass is 9.73. The molecule has 0 aliphatic carbocycles. The van der Waals surface area contributed by atoms with Crippen molar-refractivity contribution in [1.29, 1.82) is 0 Å². The maximum Gasteiger partial charge on any atom is 0.153 e. The van der Waals surface area contributed by atoms with Crippen LogP contribution in [0.25, 0.3) is 0 Å². The number of carbonyl (C=O) groups excluding carboxylic acids is 1. The molecule has 0 aromatic carbocycles. The number of sulfone groups is 1. The average molecular weight is 289 g/mol. The molecule has 1 heterocycles. The highest BCUT2D eigenvalue weighted by molar-refractivity contribution is 7.91. The molecule has 112 valence electrons. The molecule has 0 spiro atoms. The predicted octanol–water partition coefficient (Wildman–Crippen LogP) is 1.94. The van der Waals surface area contributed by atoms with Crippen LogP contribution < -0.4 is 5.32 Å². The second-order valence-electron chi connectivity index (χ2n) is 5.90. The van der Waals surface area contributed by atoms with Gasteiger partial charge < -0.3 is 5.32 Å². The van der Waals surface area contributed by atoms with E-state index in [1.54, 1.807) is 13.8 Å². The first-order valence-corrected chi connectivity index (χ1v) is 9.01. The minimum absolute atomic E-state index is 0.00500. The molecule has 1 N–H and O–H groups in total. The Morgan fingerprint density at radius 3 is 2.53 bits per heavy atom. The first-order chi connectivity index (χ1) is 8.84. The van der Waals surface area contributed by atoms with Crippen LogP contribution >= 0.6 is 0 Å². The summed E-state index contributed by atoms with van der Waals surface area (Å²) >= 11 is 0. The van der Waals surface area contributed by atoms with Gasteiger partial charge in [0.25, 0.3) is 0 Å². The monoisotopic (exact) mass is 289 g/mol. The van der Waals surface area contributed by atoms with E-state index in [0.29, 0.717) is 6.54 Å². The molecule has 1 fully saturated rings. The number of rotatable bonds is 7. The van der Waals surface area contributed by atoms with Crippen LogP contribution in [0.15, 0.2) is 0 Å². The number of piperidine rings is 1. The predicted molar refractivity (Wildman–Crippen MR) is 78.0 cm³/mol. The van der Waals surface area contributed by atoms with Gasteiger partial charge in [0.1, 0.15) is 5.78 Å². The van der Waals surface area contributed by atoms with E-state index in [2.05, 4.69) is 12.2 Å². The van der Waals surface area contributed by atoms with Crippen molar-refractivity contribution >= 4 is 15.6 Å². The lowest BCUT2D eigenvalue weighted by Gasteiger charge is -2.36. The number of hydrogen-bond donors (Lipinski definition) is 1. The SMILES string of the molecule is CCCC1(C(=O)CCS(=O)(=O)C(C)C)CCCNC1. The molecule has 0 aromatic heterocycles. The summed E-state index contributed by atoms with van der Waals surface area (Å²) < 4.78 is 23.6. The highest BCUT2D eigenvalue weighted by Crippen LogP contribution is 2.34. The second kappa shape index (κ2) is 6.84. The molecule has 1 aliphatic heterocycles. The fraction of sp³-hybridized carbons (Fsp3) is 0.929. The highest BCUT2D eigenvalue weighted by Gasteiger charge is 2.38. The van der Waals surface area contributed by atoms with Crippen LogP contribution in [0, 0.1) is 5.41 Å². The van der Waals surface area contributed by atoms with Gasteiger partial charge in [-0.1, -0.05) is 13.3 Å². The van der Waals surface area contributed by atoms with Crippen LogP contribution in [0.5, 0.6) is 0 Å². The van der Waals surface area contributed by atoms with E-state index in [9.17, 15) is 13.2 Å². The van der Waals surface area contributed by atoms with Gasteiger partial charge in [-0.25, -0.2) is 8.42 Å². The van der Waals surface area contributed by atoms with E-state index in [-0.39, 0.29) is 23.4 Å². The van der Waals surface area contributed by atoms with Gasteiger partial charge in [-0.2, -0.15) is 0 Å². The normalized spacial score (nSPS) is 24.6. The molecule has 0 radical (unpaired) electrons. The molecular formula is C14H27NO3S. The third-order valence-electron chi connectivity index (χ3n) is 4.12. The first kappa shape index (κ1) is 16.6. The van der Waals surface area contributed by atoms with Crippen molar-refractivity contribution in [2.24, 2.45) is 5.41 Å². The smallest absolute Gasteiger partial charge is 0.153 e. The molecule has 0 saturated carbocycles. The topological polar surface area (TPSA) is 63.2 Å². The number of carbonyl (C=O) groups is 1. The third kappa shape index (κ3) is 4.28. The Hall–Kier alpha value is -0.420. The Morgan fingerprint density at radius 2 is 2.05 bits per heavy atom. The van der Waals surface area contributed by atoms with Crippen LogP contribution in [0.2, 0.25) is 0 Å². The van der Waals surface area contributed by atoms with Crippen LogP contribution in [0.1, 0.15) is 52.9 Å². The zero-order chi connectivity index (χ0) is 14.5. The molecule has 1 unspecified atom stereocenters. The first-order valence-electron chi connectivity index (χ1n) is 7.29. The summed E-state index contributed by atoms with van der Waals surface area (Å²) in [7, 11) is -3.11. The summed E-state index contributed by atoms with van der Waals surface area (Å²) in [5.74, 6) is 0.125.